The second-order valence-electron chi connectivity index (χ2n) is 6.52. The van der Waals surface area contributed by atoms with Crippen molar-refractivity contribution in [2.24, 2.45) is 0 Å². The first-order chi connectivity index (χ1) is 9.50. The highest BCUT2D eigenvalue weighted by Gasteiger charge is 2.26. The van der Waals surface area contributed by atoms with Crippen molar-refractivity contribution in [3.63, 3.8) is 0 Å². The summed E-state index contributed by atoms with van der Waals surface area (Å²) in [6, 6.07) is 9.07. The number of nitrogens with zero attached hydrogens (tertiary/aromatic N) is 1. The topological polar surface area (TPSA) is 24.5 Å². The third-order valence-electron chi connectivity index (χ3n) is 3.97. The summed E-state index contributed by atoms with van der Waals surface area (Å²) in [7, 11) is 2.01. The molecule has 0 saturated carbocycles. The van der Waals surface area contributed by atoms with Crippen molar-refractivity contribution in [1.29, 1.82) is 0 Å². The van der Waals surface area contributed by atoms with E-state index in [-0.39, 0.29) is 5.60 Å². The van der Waals surface area contributed by atoms with Gasteiger partial charge in [0, 0.05) is 26.2 Å². The maximum atomic E-state index is 5.76. The van der Waals surface area contributed by atoms with Crippen LogP contribution in [0.1, 0.15) is 37.8 Å². The lowest BCUT2D eigenvalue weighted by atomic mass is 9.99. The summed E-state index contributed by atoms with van der Waals surface area (Å²) < 4.78 is 5.76. The molecular weight excluding hydrogens is 248 g/mol. The van der Waals surface area contributed by atoms with Gasteiger partial charge in [-0.1, -0.05) is 31.2 Å². The van der Waals surface area contributed by atoms with Crippen LogP contribution in [-0.4, -0.2) is 43.8 Å². The molecule has 3 nitrogen and oxygen atoms in total. The van der Waals surface area contributed by atoms with Gasteiger partial charge in [-0.3, -0.25) is 4.90 Å². The molecule has 1 fully saturated rings. The van der Waals surface area contributed by atoms with Crippen LogP contribution in [0.3, 0.4) is 0 Å². The lowest BCUT2D eigenvalue weighted by Crippen LogP contribution is -2.47. The molecule has 0 spiro atoms. The molecule has 0 radical (unpaired) electrons. The van der Waals surface area contributed by atoms with E-state index in [1.165, 1.54) is 11.1 Å². The zero-order valence-electron chi connectivity index (χ0n) is 13.3. The summed E-state index contributed by atoms with van der Waals surface area (Å²) >= 11 is 0. The fourth-order valence-electron chi connectivity index (χ4n) is 2.88. The number of hydrogen-bond donors (Lipinski definition) is 1. The Hall–Kier alpha value is -0.900. The number of likely N-dealkylation sites (N-methyl/N-ethyl adjacent to an activating group) is 1. The van der Waals surface area contributed by atoms with E-state index >= 15 is 0 Å². The SMILES string of the molecule is CNCC(C)c1ccc(CN2CCOC(C)(C)C2)cc1. The van der Waals surface area contributed by atoms with Crippen LogP contribution in [0.5, 0.6) is 0 Å². The molecule has 1 unspecified atom stereocenters. The molecule has 1 aromatic rings. The average Bonchev–Trinajstić information content (AvgIpc) is 2.38. The number of nitrogens with one attached hydrogen (secondary N) is 1. The van der Waals surface area contributed by atoms with Gasteiger partial charge < -0.3 is 10.1 Å². The van der Waals surface area contributed by atoms with E-state index in [0.29, 0.717) is 5.92 Å². The second kappa shape index (κ2) is 6.70. The quantitative estimate of drug-likeness (QED) is 0.895. The molecular formula is C17H28N2O. The number of benzene rings is 1. The minimum Gasteiger partial charge on any atom is -0.373 e. The van der Waals surface area contributed by atoms with Gasteiger partial charge in [-0.2, -0.15) is 0 Å². The Morgan fingerprint density at radius 1 is 1.30 bits per heavy atom. The van der Waals surface area contributed by atoms with Gasteiger partial charge in [-0.25, -0.2) is 0 Å². The maximum Gasteiger partial charge on any atom is 0.0753 e. The highest BCUT2D eigenvalue weighted by atomic mass is 16.5. The van der Waals surface area contributed by atoms with Gasteiger partial charge in [0.2, 0.25) is 0 Å². The first-order valence-electron chi connectivity index (χ1n) is 7.60. The molecule has 1 atom stereocenters. The van der Waals surface area contributed by atoms with Gasteiger partial charge in [-0.05, 0) is 37.9 Å². The molecule has 1 heterocycles. The summed E-state index contributed by atoms with van der Waals surface area (Å²) in [6.45, 7) is 11.5. The number of hydrogen-bond acceptors (Lipinski definition) is 3. The van der Waals surface area contributed by atoms with Crippen molar-refractivity contribution in [1.82, 2.24) is 10.2 Å². The van der Waals surface area contributed by atoms with E-state index < -0.39 is 0 Å². The summed E-state index contributed by atoms with van der Waals surface area (Å²) in [4.78, 5) is 2.48. The number of morpholine rings is 1. The summed E-state index contributed by atoms with van der Waals surface area (Å²) in [5, 5.41) is 3.23. The molecule has 0 aromatic heterocycles. The summed E-state index contributed by atoms with van der Waals surface area (Å²) in [5.41, 5.74) is 2.79. The fraction of sp³-hybridized carbons (Fsp3) is 0.647. The molecule has 3 heteroatoms. The van der Waals surface area contributed by atoms with Gasteiger partial charge in [0.15, 0.2) is 0 Å². The molecule has 1 aliphatic heterocycles. The van der Waals surface area contributed by atoms with E-state index in [2.05, 4.69) is 55.3 Å². The molecule has 0 bridgehead atoms. The first-order valence-corrected chi connectivity index (χ1v) is 7.60. The molecule has 2 rings (SSSR count). The predicted molar refractivity (Wildman–Crippen MR) is 84.1 cm³/mol. The third-order valence-corrected chi connectivity index (χ3v) is 3.97. The van der Waals surface area contributed by atoms with Crippen LogP contribution in [0, 0.1) is 0 Å². The zero-order valence-corrected chi connectivity index (χ0v) is 13.3. The molecule has 0 amide bonds. The monoisotopic (exact) mass is 276 g/mol. The molecule has 1 aromatic carbocycles. The highest BCUT2D eigenvalue weighted by Crippen LogP contribution is 2.20. The normalized spacial score (nSPS) is 20.8. The smallest absolute Gasteiger partial charge is 0.0753 e. The van der Waals surface area contributed by atoms with Crippen LogP contribution >= 0.6 is 0 Å². The van der Waals surface area contributed by atoms with Crippen LogP contribution in [0.2, 0.25) is 0 Å². The lowest BCUT2D eigenvalue weighted by molar-refractivity contribution is -0.0882. The van der Waals surface area contributed by atoms with Crippen molar-refractivity contribution in [2.75, 3.05) is 33.3 Å². The fourth-order valence-corrected chi connectivity index (χ4v) is 2.88. The molecule has 112 valence electrons. The molecule has 1 aliphatic rings. The van der Waals surface area contributed by atoms with Crippen molar-refractivity contribution in [3.05, 3.63) is 35.4 Å². The largest absolute Gasteiger partial charge is 0.373 e. The standard InChI is InChI=1S/C17H28N2O/c1-14(11-18-4)16-7-5-15(6-8-16)12-19-9-10-20-17(2,3)13-19/h5-8,14,18H,9-13H2,1-4H3. The minimum atomic E-state index is -0.0144. The van der Waals surface area contributed by atoms with Crippen molar-refractivity contribution in [3.8, 4) is 0 Å². The van der Waals surface area contributed by atoms with Crippen molar-refractivity contribution < 1.29 is 4.74 Å². The third kappa shape index (κ3) is 4.30. The lowest BCUT2D eigenvalue weighted by Gasteiger charge is -2.38. The van der Waals surface area contributed by atoms with Crippen LogP contribution in [0.15, 0.2) is 24.3 Å². The van der Waals surface area contributed by atoms with Gasteiger partial charge in [0.05, 0.1) is 12.2 Å². The Balaban J connectivity index is 1.93. The molecule has 20 heavy (non-hydrogen) atoms. The summed E-state index contributed by atoms with van der Waals surface area (Å²) in [5.74, 6) is 0.566. The predicted octanol–water partition coefficient (Wildman–Crippen LogP) is 2.62. The van der Waals surface area contributed by atoms with Crippen molar-refractivity contribution >= 4 is 0 Å². The Morgan fingerprint density at radius 3 is 2.60 bits per heavy atom. The van der Waals surface area contributed by atoms with Crippen molar-refractivity contribution in [2.45, 2.75) is 38.8 Å². The number of rotatable bonds is 5. The van der Waals surface area contributed by atoms with E-state index in [0.717, 1.165) is 32.8 Å². The summed E-state index contributed by atoms with van der Waals surface area (Å²) in [6.07, 6.45) is 0. The first kappa shape index (κ1) is 15.5. The van der Waals surface area contributed by atoms with E-state index in [1.807, 2.05) is 7.05 Å². The van der Waals surface area contributed by atoms with Gasteiger partial charge in [-0.15, -0.1) is 0 Å². The second-order valence-corrected chi connectivity index (χ2v) is 6.52. The average molecular weight is 276 g/mol. The Morgan fingerprint density at radius 2 is 2.00 bits per heavy atom. The van der Waals surface area contributed by atoms with Crippen LogP contribution in [0.4, 0.5) is 0 Å². The van der Waals surface area contributed by atoms with E-state index in [9.17, 15) is 0 Å². The van der Waals surface area contributed by atoms with E-state index in [4.69, 9.17) is 4.74 Å². The van der Waals surface area contributed by atoms with E-state index in [1.54, 1.807) is 0 Å². The Labute approximate surface area is 123 Å². The number of ether oxygens (including phenoxy) is 1. The van der Waals surface area contributed by atoms with Gasteiger partial charge in [0.25, 0.3) is 0 Å². The Kier molecular flexibility index (Phi) is 5.19. The van der Waals surface area contributed by atoms with Gasteiger partial charge in [0.1, 0.15) is 0 Å². The van der Waals surface area contributed by atoms with Crippen LogP contribution < -0.4 is 5.32 Å². The maximum absolute atomic E-state index is 5.76. The Bertz CT molecular complexity index is 414. The highest BCUT2D eigenvalue weighted by molar-refractivity contribution is 5.25. The van der Waals surface area contributed by atoms with Crippen LogP contribution in [-0.2, 0) is 11.3 Å². The molecule has 0 aliphatic carbocycles. The molecule has 1 saturated heterocycles. The van der Waals surface area contributed by atoms with Gasteiger partial charge >= 0.3 is 0 Å². The van der Waals surface area contributed by atoms with Crippen LogP contribution in [0.25, 0.3) is 0 Å². The zero-order chi connectivity index (χ0) is 14.6. The molecule has 1 N–H and O–H groups in total. The minimum absolute atomic E-state index is 0.0144.